The number of H-pyrrole nitrogens is 1. The Morgan fingerprint density at radius 2 is 1.86 bits per heavy atom. The van der Waals surface area contributed by atoms with Gasteiger partial charge in [-0.2, -0.15) is 0 Å². The van der Waals surface area contributed by atoms with Gasteiger partial charge < -0.3 is 9.88 Å². The number of hydrogen-bond acceptors (Lipinski definition) is 4. The Balaban J connectivity index is 1.38. The van der Waals surface area contributed by atoms with E-state index in [4.69, 9.17) is 0 Å². The number of amides is 1. The van der Waals surface area contributed by atoms with E-state index in [2.05, 4.69) is 38.1 Å². The van der Waals surface area contributed by atoms with Gasteiger partial charge in [0.15, 0.2) is 5.82 Å². The van der Waals surface area contributed by atoms with Crippen molar-refractivity contribution in [3.8, 4) is 11.4 Å². The Kier molecular flexibility index (Phi) is 4.09. The summed E-state index contributed by atoms with van der Waals surface area (Å²) < 4.78 is 0. The summed E-state index contributed by atoms with van der Waals surface area (Å²) in [5, 5.41) is 1.16. The number of carbonyl (C=O) groups is 1. The first-order valence-electron chi connectivity index (χ1n) is 9.37. The number of hydrogen-bond donors (Lipinski definition) is 1. The Hall–Kier alpha value is -3.54. The fourth-order valence-electron chi connectivity index (χ4n) is 3.41. The number of fused-ring (bicyclic) bond motifs is 1. The van der Waals surface area contributed by atoms with Crippen molar-refractivity contribution in [2.75, 3.05) is 0 Å². The lowest BCUT2D eigenvalue weighted by atomic mass is 10.1. The Bertz CT molecular complexity index is 1120. The van der Waals surface area contributed by atoms with E-state index >= 15 is 0 Å². The zero-order valence-corrected chi connectivity index (χ0v) is 15.2. The predicted octanol–water partition coefficient (Wildman–Crippen LogP) is 3.82. The standard InChI is InChI=1S/C22H19N5O/c28-22(18-12-25-21(26-13-18)16-5-8-23-9-6-16)27(19-2-3-19)14-15-1-4-20-17(11-15)7-10-24-20/h1,4-13,19,24H,2-3,14H2. The van der Waals surface area contributed by atoms with Crippen LogP contribution in [-0.2, 0) is 6.54 Å². The zero-order chi connectivity index (χ0) is 18.9. The molecule has 1 saturated carbocycles. The summed E-state index contributed by atoms with van der Waals surface area (Å²) in [4.78, 5) is 31.0. The lowest BCUT2D eigenvalue weighted by Crippen LogP contribution is -2.32. The maximum absolute atomic E-state index is 13.1. The molecule has 138 valence electrons. The van der Waals surface area contributed by atoms with Crippen molar-refractivity contribution in [2.45, 2.75) is 25.4 Å². The topological polar surface area (TPSA) is 74.8 Å². The van der Waals surface area contributed by atoms with E-state index in [0.29, 0.717) is 24.0 Å². The number of carbonyl (C=O) groups excluding carboxylic acids is 1. The number of benzene rings is 1. The third-order valence-electron chi connectivity index (χ3n) is 5.06. The molecule has 1 fully saturated rings. The lowest BCUT2D eigenvalue weighted by molar-refractivity contribution is 0.0729. The number of nitrogens with one attached hydrogen (secondary N) is 1. The van der Waals surface area contributed by atoms with Gasteiger partial charge in [-0.05, 0) is 54.1 Å². The van der Waals surface area contributed by atoms with Crippen LogP contribution in [0.4, 0.5) is 0 Å². The molecule has 0 atom stereocenters. The highest BCUT2D eigenvalue weighted by molar-refractivity contribution is 5.94. The van der Waals surface area contributed by atoms with Gasteiger partial charge in [0.1, 0.15) is 0 Å². The number of nitrogens with zero attached hydrogens (tertiary/aromatic N) is 4. The maximum atomic E-state index is 13.1. The van der Waals surface area contributed by atoms with Crippen molar-refractivity contribution in [1.82, 2.24) is 24.8 Å². The minimum Gasteiger partial charge on any atom is -0.361 e. The molecule has 0 bridgehead atoms. The van der Waals surface area contributed by atoms with Crippen LogP contribution in [0.3, 0.4) is 0 Å². The van der Waals surface area contributed by atoms with Gasteiger partial charge in [0.05, 0.1) is 5.56 Å². The van der Waals surface area contributed by atoms with Crippen LogP contribution < -0.4 is 0 Å². The molecule has 1 aliphatic rings. The molecule has 0 unspecified atom stereocenters. The van der Waals surface area contributed by atoms with E-state index in [1.165, 1.54) is 0 Å². The third-order valence-corrected chi connectivity index (χ3v) is 5.06. The van der Waals surface area contributed by atoms with E-state index in [0.717, 1.165) is 34.9 Å². The van der Waals surface area contributed by atoms with Crippen molar-refractivity contribution in [3.05, 3.63) is 78.5 Å². The highest BCUT2D eigenvalue weighted by Crippen LogP contribution is 2.30. The molecule has 6 nitrogen and oxygen atoms in total. The third kappa shape index (κ3) is 3.24. The molecule has 6 heteroatoms. The van der Waals surface area contributed by atoms with Gasteiger partial charge in [0.25, 0.3) is 5.91 Å². The molecule has 28 heavy (non-hydrogen) atoms. The van der Waals surface area contributed by atoms with Crippen molar-refractivity contribution < 1.29 is 4.79 Å². The Morgan fingerprint density at radius 1 is 1.07 bits per heavy atom. The maximum Gasteiger partial charge on any atom is 0.257 e. The quantitative estimate of drug-likeness (QED) is 0.580. The molecule has 1 amide bonds. The van der Waals surface area contributed by atoms with Crippen LogP contribution in [-0.4, -0.2) is 36.8 Å². The molecule has 1 aromatic carbocycles. The molecular weight excluding hydrogens is 350 g/mol. The minimum absolute atomic E-state index is 0.0158. The summed E-state index contributed by atoms with van der Waals surface area (Å²) in [6.07, 6.45) is 10.7. The number of pyridine rings is 1. The van der Waals surface area contributed by atoms with Crippen molar-refractivity contribution >= 4 is 16.8 Å². The van der Waals surface area contributed by atoms with Crippen molar-refractivity contribution in [2.24, 2.45) is 0 Å². The van der Waals surface area contributed by atoms with E-state index in [9.17, 15) is 4.79 Å². The molecule has 4 aromatic rings. The van der Waals surface area contributed by atoms with Crippen LogP contribution in [0.2, 0.25) is 0 Å². The highest BCUT2D eigenvalue weighted by Gasteiger charge is 2.33. The average Bonchev–Trinajstić information content (AvgIpc) is 3.49. The molecule has 0 aliphatic heterocycles. The summed E-state index contributed by atoms with van der Waals surface area (Å²) in [5.74, 6) is 0.577. The van der Waals surface area contributed by atoms with E-state index in [1.807, 2.05) is 29.3 Å². The van der Waals surface area contributed by atoms with Gasteiger partial charge in [-0.1, -0.05) is 6.07 Å². The van der Waals surface area contributed by atoms with E-state index < -0.39 is 0 Å². The van der Waals surface area contributed by atoms with E-state index in [-0.39, 0.29) is 5.91 Å². The molecule has 3 aromatic heterocycles. The Morgan fingerprint density at radius 3 is 2.61 bits per heavy atom. The van der Waals surface area contributed by atoms with Crippen molar-refractivity contribution in [1.29, 1.82) is 0 Å². The first-order chi connectivity index (χ1) is 13.8. The van der Waals surface area contributed by atoms with E-state index in [1.54, 1.807) is 24.8 Å². The molecule has 1 N–H and O–H groups in total. The summed E-state index contributed by atoms with van der Waals surface area (Å²) in [6.45, 7) is 0.594. The molecule has 3 heterocycles. The number of aromatic amines is 1. The molecule has 0 radical (unpaired) electrons. The predicted molar refractivity (Wildman–Crippen MR) is 106 cm³/mol. The second-order valence-electron chi connectivity index (χ2n) is 7.09. The number of rotatable bonds is 5. The summed E-state index contributed by atoms with van der Waals surface area (Å²) in [7, 11) is 0. The van der Waals surface area contributed by atoms with Crippen LogP contribution in [0, 0.1) is 0 Å². The summed E-state index contributed by atoms with van der Waals surface area (Å²) in [5.41, 5.74) is 3.63. The molecule has 0 spiro atoms. The number of aromatic nitrogens is 4. The minimum atomic E-state index is -0.0158. The lowest BCUT2D eigenvalue weighted by Gasteiger charge is -2.22. The van der Waals surface area contributed by atoms with Crippen LogP contribution in [0.1, 0.15) is 28.8 Å². The normalized spacial score (nSPS) is 13.6. The summed E-state index contributed by atoms with van der Waals surface area (Å²) in [6, 6.07) is 12.3. The van der Waals surface area contributed by atoms with Gasteiger partial charge in [-0.25, -0.2) is 9.97 Å². The van der Waals surface area contributed by atoms with Gasteiger partial charge in [0, 0.05) is 54.7 Å². The zero-order valence-electron chi connectivity index (χ0n) is 15.2. The highest BCUT2D eigenvalue weighted by atomic mass is 16.2. The van der Waals surface area contributed by atoms with Gasteiger partial charge in [0.2, 0.25) is 0 Å². The van der Waals surface area contributed by atoms with Gasteiger partial charge >= 0.3 is 0 Å². The first kappa shape index (κ1) is 16.6. The average molecular weight is 369 g/mol. The smallest absolute Gasteiger partial charge is 0.257 e. The molecule has 0 saturated heterocycles. The Labute approximate surface area is 162 Å². The van der Waals surface area contributed by atoms with Crippen LogP contribution in [0.5, 0.6) is 0 Å². The van der Waals surface area contributed by atoms with Crippen LogP contribution in [0.15, 0.2) is 67.4 Å². The second-order valence-corrected chi connectivity index (χ2v) is 7.09. The first-order valence-corrected chi connectivity index (χ1v) is 9.37. The van der Waals surface area contributed by atoms with Crippen molar-refractivity contribution in [3.63, 3.8) is 0 Å². The summed E-state index contributed by atoms with van der Waals surface area (Å²) >= 11 is 0. The van der Waals surface area contributed by atoms with Gasteiger partial charge in [-0.3, -0.25) is 9.78 Å². The fraction of sp³-hybridized carbons (Fsp3) is 0.182. The SMILES string of the molecule is O=C(c1cnc(-c2ccncc2)nc1)N(Cc1ccc2[nH]ccc2c1)C1CC1. The fourth-order valence-corrected chi connectivity index (χ4v) is 3.41. The molecule has 5 rings (SSSR count). The monoisotopic (exact) mass is 369 g/mol. The molecule has 1 aliphatic carbocycles. The largest absolute Gasteiger partial charge is 0.361 e. The molecular formula is C22H19N5O. The van der Waals surface area contributed by atoms with Gasteiger partial charge in [-0.15, -0.1) is 0 Å². The van der Waals surface area contributed by atoms with Crippen LogP contribution in [0.25, 0.3) is 22.3 Å². The second kappa shape index (κ2) is 6.88. The van der Waals surface area contributed by atoms with Crippen LogP contribution >= 0.6 is 0 Å².